The van der Waals surface area contributed by atoms with Gasteiger partial charge in [0.1, 0.15) is 30.3 Å². The third kappa shape index (κ3) is 3.61. The molecule has 11 heteroatoms. The lowest BCUT2D eigenvalue weighted by molar-refractivity contribution is -0.118. The fourth-order valence-electron chi connectivity index (χ4n) is 3.28. The van der Waals surface area contributed by atoms with Crippen molar-refractivity contribution in [1.29, 1.82) is 0 Å². The van der Waals surface area contributed by atoms with Crippen LogP contribution in [0, 0.1) is 0 Å². The monoisotopic (exact) mass is 423 g/mol. The van der Waals surface area contributed by atoms with Crippen molar-refractivity contribution in [3.63, 3.8) is 0 Å². The van der Waals surface area contributed by atoms with Gasteiger partial charge in [0, 0.05) is 23.7 Å². The number of amides is 2. The summed E-state index contributed by atoms with van der Waals surface area (Å²) in [4.78, 5) is 29.0. The van der Waals surface area contributed by atoms with Gasteiger partial charge in [-0.25, -0.2) is 13.8 Å². The molecular formula is C18H19F2N5O3S. The molecule has 2 aromatic rings. The number of hydrogen-bond donors (Lipinski definition) is 2. The van der Waals surface area contributed by atoms with Crippen LogP contribution in [0.25, 0.3) is 11.4 Å². The molecule has 0 spiro atoms. The lowest BCUT2D eigenvalue weighted by Crippen LogP contribution is -2.38. The van der Waals surface area contributed by atoms with E-state index in [9.17, 15) is 18.4 Å². The molecule has 29 heavy (non-hydrogen) atoms. The van der Waals surface area contributed by atoms with E-state index in [2.05, 4.69) is 10.3 Å². The first-order chi connectivity index (χ1) is 13.8. The van der Waals surface area contributed by atoms with Gasteiger partial charge in [-0.1, -0.05) is 11.8 Å². The number of halogens is 2. The van der Waals surface area contributed by atoms with Crippen molar-refractivity contribution in [2.45, 2.75) is 32.0 Å². The first kappa shape index (κ1) is 19.5. The van der Waals surface area contributed by atoms with E-state index in [1.807, 2.05) is 0 Å². The smallest absolute Gasteiger partial charge is 0.287 e. The predicted molar refractivity (Wildman–Crippen MR) is 106 cm³/mol. The van der Waals surface area contributed by atoms with Gasteiger partial charge in [-0.05, 0) is 19.1 Å². The number of anilines is 2. The zero-order valence-corrected chi connectivity index (χ0v) is 16.3. The van der Waals surface area contributed by atoms with Crippen LogP contribution in [0.3, 0.4) is 0 Å². The van der Waals surface area contributed by atoms with Crippen LogP contribution in [0.5, 0.6) is 5.75 Å². The van der Waals surface area contributed by atoms with Crippen LogP contribution in [-0.2, 0) is 11.3 Å². The molecule has 2 aliphatic rings. The molecule has 1 aromatic heterocycles. The van der Waals surface area contributed by atoms with E-state index in [0.29, 0.717) is 36.0 Å². The highest BCUT2D eigenvalue weighted by Gasteiger charge is 2.40. The minimum absolute atomic E-state index is 0.0332. The summed E-state index contributed by atoms with van der Waals surface area (Å²) >= 11 is 0.869. The van der Waals surface area contributed by atoms with E-state index in [0.717, 1.165) is 16.7 Å². The molecule has 3 N–H and O–H groups in total. The molecule has 3 heterocycles. The molecule has 0 aliphatic carbocycles. The van der Waals surface area contributed by atoms with Crippen LogP contribution in [-0.4, -0.2) is 51.6 Å². The van der Waals surface area contributed by atoms with Crippen molar-refractivity contribution in [2.75, 3.05) is 22.6 Å². The third-order valence-electron chi connectivity index (χ3n) is 4.83. The van der Waals surface area contributed by atoms with Gasteiger partial charge in [-0.15, -0.1) is 0 Å². The summed E-state index contributed by atoms with van der Waals surface area (Å²) in [5.74, 6) is 0.821. The van der Waals surface area contributed by atoms with E-state index in [-0.39, 0.29) is 11.6 Å². The summed E-state index contributed by atoms with van der Waals surface area (Å²) in [5, 5.41) is 2.56. The highest BCUT2D eigenvalue weighted by atomic mass is 32.2. The largest absolute Gasteiger partial charge is 0.491 e. The summed E-state index contributed by atoms with van der Waals surface area (Å²) in [6, 6.07) is 3.51. The van der Waals surface area contributed by atoms with Crippen molar-refractivity contribution < 1.29 is 23.1 Å². The van der Waals surface area contributed by atoms with E-state index in [1.165, 1.54) is 0 Å². The molecule has 1 aromatic carbocycles. The number of nitrogens with zero attached hydrogens (tertiary/aromatic N) is 3. The van der Waals surface area contributed by atoms with Gasteiger partial charge < -0.3 is 20.4 Å². The molecule has 1 unspecified atom stereocenters. The van der Waals surface area contributed by atoms with Crippen LogP contribution in [0.15, 0.2) is 24.4 Å². The number of rotatable bonds is 5. The standard InChI is InChI=1S/C18H19F2N5O3S/c1-9(16(21)26)22-10-2-3-11-13(6-10)28-5-4-24-7-14(23-17(11)24)25-12(15(19)20)8-29-18(25)27/h2-3,6-7,9,12,15,22H,4-5,8H2,1H3,(H2,21,26)/t9-,12?/m0/s1. The highest BCUT2D eigenvalue weighted by Crippen LogP contribution is 2.38. The number of fused-ring (bicyclic) bond motifs is 3. The number of nitrogens with one attached hydrogen (secondary N) is 1. The van der Waals surface area contributed by atoms with E-state index >= 15 is 0 Å². The van der Waals surface area contributed by atoms with Gasteiger partial charge in [0.15, 0.2) is 5.82 Å². The molecule has 2 amide bonds. The van der Waals surface area contributed by atoms with E-state index in [1.54, 1.807) is 35.9 Å². The molecule has 4 rings (SSSR count). The van der Waals surface area contributed by atoms with Crippen LogP contribution < -0.4 is 20.7 Å². The molecule has 1 fully saturated rings. The maximum absolute atomic E-state index is 13.3. The van der Waals surface area contributed by atoms with Crippen molar-refractivity contribution in [3.05, 3.63) is 24.4 Å². The third-order valence-corrected chi connectivity index (χ3v) is 5.78. The average molecular weight is 423 g/mol. The Labute approximate surface area is 169 Å². The number of nitrogens with two attached hydrogens (primary N) is 1. The molecule has 2 aliphatic heterocycles. The quantitative estimate of drug-likeness (QED) is 0.766. The number of carbonyl (C=O) groups excluding carboxylic acids is 2. The minimum atomic E-state index is -2.65. The number of imidazole rings is 1. The maximum Gasteiger partial charge on any atom is 0.287 e. The second kappa shape index (κ2) is 7.54. The van der Waals surface area contributed by atoms with E-state index in [4.69, 9.17) is 10.5 Å². The van der Waals surface area contributed by atoms with Gasteiger partial charge in [0.2, 0.25) is 5.91 Å². The second-order valence-corrected chi connectivity index (χ2v) is 7.76. The van der Waals surface area contributed by atoms with Crippen molar-refractivity contribution in [2.24, 2.45) is 5.73 Å². The Hall–Kier alpha value is -2.82. The van der Waals surface area contributed by atoms with Gasteiger partial charge in [0.25, 0.3) is 11.7 Å². The summed E-state index contributed by atoms with van der Waals surface area (Å²) in [7, 11) is 0. The molecular weight excluding hydrogens is 404 g/mol. The number of ether oxygens (including phenoxy) is 1. The SMILES string of the molecule is C[C@H](Nc1ccc2c(c1)OCCn1cc(N3C(=O)SCC3C(F)F)nc1-2)C(N)=O. The first-order valence-electron chi connectivity index (χ1n) is 8.99. The molecule has 1 saturated heterocycles. The number of benzene rings is 1. The van der Waals surface area contributed by atoms with Crippen LogP contribution >= 0.6 is 11.8 Å². The second-order valence-electron chi connectivity index (χ2n) is 6.79. The lowest BCUT2D eigenvalue weighted by atomic mass is 10.1. The topological polar surface area (TPSA) is 102 Å². The highest BCUT2D eigenvalue weighted by molar-refractivity contribution is 8.14. The maximum atomic E-state index is 13.3. The van der Waals surface area contributed by atoms with E-state index < -0.39 is 29.7 Å². The number of primary amides is 1. The molecule has 0 saturated carbocycles. The van der Waals surface area contributed by atoms with Crippen molar-refractivity contribution >= 4 is 34.4 Å². The Kier molecular flexibility index (Phi) is 5.07. The predicted octanol–water partition coefficient (Wildman–Crippen LogP) is 2.54. The Bertz CT molecular complexity index is 967. The summed E-state index contributed by atoms with van der Waals surface area (Å²) in [6.45, 7) is 2.44. The molecule has 154 valence electrons. The Morgan fingerprint density at radius 2 is 2.24 bits per heavy atom. The minimum Gasteiger partial charge on any atom is -0.491 e. The Balaban J connectivity index is 1.68. The molecule has 0 radical (unpaired) electrons. The lowest BCUT2D eigenvalue weighted by Gasteiger charge is -2.20. The zero-order chi connectivity index (χ0) is 20.7. The molecule has 2 atom stereocenters. The average Bonchev–Trinajstić information content (AvgIpc) is 3.21. The summed E-state index contributed by atoms with van der Waals surface area (Å²) < 4.78 is 34.3. The summed E-state index contributed by atoms with van der Waals surface area (Å²) in [6.07, 6.45) is -1.04. The van der Waals surface area contributed by atoms with Gasteiger partial charge in [-0.3, -0.25) is 14.5 Å². The van der Waals surface area contributed by atoms with Gasteiger partial charge in [-0.2, -0.15) is 0 Å². The molecule has 0 bridgehead atoms. The number of alkyl halides is 2. The van der Waals surface area contributed by atoms with Crippen LogP contribution in [0.4, 0.5) is 25.1 Å². The van der Waals surface area contributed by atoms with Crippen LogP contribution in [0.1, 0.15) is 6.92 Å². The fraction of sp³-hybridized carbons (Fsp3) is 0.389. The van der Waals surface area contributed by atoms with Crippen molar-refractivity contribution in [3.8, 4) is 17.1 Å². The first-order valence-corrected chi connectivity index (χ1v) is 9.98. The number of hydrogen-bond acceptors (Lipinski definition) is 6. The van der Waals surface area contributed by atoms with Crippen molar-refractivity contribution in [1.82, 2.24) is 9.55 Å². The molecule has 8 nitrogen and oxygen atoms in total. The number of thioether (sulfide) groups is 1. The van der Waals surface area contributed by atoms with Gasteiger partial charge in [0.05, 0.1) is 12.1 Å². The zero-order valence-electron chi connectivity index (χ0n) is 15.5. The Morgan fingerprint density at radius 3 is 2.97 bits per heavy atom. The normalized spacial score (nSPS) is 19.4. The number of aromatic nitrogens is 2. The Morgan fingerprint density at radius 1 is 1.45 bits per heavy atom. The van der Waals surface area contributed by atoms with Gasteiger partial charge >= 0.3 is 0 Å². The van der Waals surface area contributed by atoms with Crippen LogP contribution in [0.2, 0.25) is 0 Å². The summed E-state index contributed by atoms with van der Waals surface area (Å²) in [5.41, 5.74) is 6.60. The number of carbonyl (C=O) groups is 2. The fourth-order valence-corrected chi connectivity index (χ4v) is 4.26.